The highest BCUT2D eigenvalue weighted by atomic mass is 19.3. The second-order valence-corrected chi connectivity index (χ2v) is 6.38. The van der Waals surface area contributed by atoms with Crippen molar-refractivity contribution in [1.82, 2.24) is 15.5 Å². The summed E-state index contributed by atoms with van der Waals surface area (Å²) in [5.74, 6) is 0.730. The molecule has 2 rings (SSSR count). The van der Waals surface area contributed by atoms with Gasteiger partial charge in [-0.05, 0) is 41.8 Å². The van der Waals surface area contributed by atoms with Crippen LogP contribution in [0.3, 0.4) is 0 Å². The van der Waals surface area contributed by atoms with Crippen molar-refractivity contribution in [1.29, 1.82) is 0 Å². The number of nitrogens with one attached hydrogen (secondary N) is 2. The van der Waals surface area contributed by atoms with Crippen molar-refractivity contribution in [2.24, 2.45) is 4.99 Å². The van der Waals surface area contributed by atoms with Gasteiger partial charge in [0.25, 0.3) is 5.91 Å². The Hall–Kier alpha value is -3.16. The average molecular weight is 404 g/mol. The third kappa shape index (κ3) is 7.06. The maximum absolute atomic E-state index is 12.2. The maximum Gasteiger partial charge on any atom is 0.387 e. The first-order valence-corrected chi connectivity index (χ1v) is 9.19. The summed E-state index contributed by atoms with van der Waals surface area (Å²) in [7, 11) is 5.20. The van der Waals surface area contributed by atoms with Gasteiger partial charge in [-0.25, -0.2) is 0 Å². The molecular weight excluding hydrogens is 378 g/mol. The van der Waals surface area contributed by atoms with Gasteiger partial charge in [-0.15, -0.1) is 0 Å². The van der Waals surface area contributed by atoms with E-state index in [1.54, 1.807) is 32.3 Å². The van der Waals surface area contributed by atoms with Crippen LogP contribution in [-0.4, -0.2) is 51.1 Å². The number of rotatable bonds is 8. The Morgan fingerprint density at radius 1 is 1.17 bits per heavy atom. The SMILES string of the molecule is CN=C(NCCc1cccc(C(=O)NC)c1)N(C)Cc1ccc(OC(F)F)cc1. The van der Waals surface area contributed by atoms with E-state index >= 15 is 0 Å². The molecule has 0 aliphatic carbocycles. The zero-order chi connectivity index (χ0) is 21.2. The number of alkyl halides is 2. The van der Waals surface area contributed by atoms with Crippen LogP contribution in [-0.2, 0) is 13.0 Å². The average Bonchev–Trinajstić information content (AvgIpc) is 2.71. The second kappa shape index (κ2) is 11.0. The number of ether oxygens (including phenoxy) is 1. The lowest BCUT2D eigenvalue weighted by atomic mass is 10.1. The van der Waals surface area contributed by atoms with Gasteiger partial charge in [0.1, 0.15) is 5.75 Å². The van der Waals surface area contributed by atoms with E-state index in [-0.39, 0.29) is 11.7 Å². The van der Waals surface area contributed by atoms with Gasteiger partial charge < -0.3 is 20.3 Å². The van der Waals surface area contributed by atoms with E-state index in [9.17, 15) is 13.6 Å². The highest BCUT2D eigenvalue weighted by Crippen LogP contribution is 2.15. The maximum atomic E-state index is 12.2. The van der Waals surface area contributed by atoms with Crippen LogP contribution < -0.4 is 15.4 Å². The number of nitrogens with zero attached hydrogens (tertiary/aromatic N) is 2. The summed E-state index contributed by atoms with van der Waals surface area (Å²) >= 11 is 0. The van der Waals surface area contributed by atoms with Crippen molar-refractivity contribution in [3.8, 4) is 5.75 Å². The summed E-state index contributed by atoms with van der Waals surface area (Å²) in [5.41, 5.74) is 2.62. The molecule has 0 spiro atoms. The molecule has 0 aliphatic heterocycles. The number of halogens is 2. The molecule has 0 radical (unpaired) electrons. The normalized spacial score (nSPS) is 11.3. The molecule has 2 aromatic rings. The molecular formula is C21H26F2N4O2. The van der Waals surface area contributed by atoms with Crippen LogP contribution in [0.15, 0.2) is 53.5 Å². The molecule has 1 amide bonds. The third-order valence-corrected chi connectivity index (χ3v) is 4.25. The van der Waals surface area contributed by atoms with Crippen molar-refractivity contribution >= 4 is 11.9 Å². The molecule has 0 fully saturated rings. The van der Waals surface area contributed by atoms with Gasteiger partial charge in [0.2, 0.25) is 0 Å². The lowest BCUT2D eigenvalue weighted by Gasteiger charge is -2.22. The summed E-state index contributed by atoms with van der Waals surface area (Å²) in [4.78, 5) is 17.9. The van der Waals surface area contributed by atoms with Crippen LogP contribution in [0.2, 0.25) is 0 Å². The molecule has 0 bridgehead atoms. The topological polar surface area (TPSA) is 66.0 Å². The molecule has 0 saturated carbocycles. The molecule has 2 aromatic carbocycles. The number of hydrogen-bond acceptors (Lipinski definition) is 3. The number of amides is 1. The van der Waals surface area contributed by atoms with E-state index in [4.69, 9.17) is 0 Å². The highest BCUT2D eigenvalue weighted by molar-refractivity contribution is 5.94. The fraction of sp³-hybridized carbons (Fsp3) is 0.333. The van der Waals surface area contributed by atoms with E-state index < -0.39 is 6.61 Å². The summed E-state index contributed by atoms with van der Waals surface area (Å²) < 4.78 is 28.8. The van der Waals surface area contributed by atoms with Gasteiger partial charge in [-0.1, -0.05) is 24.3 Å². The Morgan fingerprint density at radius 2 is 1.90 bits per heavy atom. The minimum Gasteiger partial charge on any atom is -0.435 e. The minimum absolute atomic E-state index is 0.111. The van der Waals surface area contributed by atoms with Crippen LogP contribution in [0, 0.1) is 0 Å². The Kier molecular flexibility index (Phi) is 8.39. The number of carbonyl (C=O) groups excluding carboxylic acids is 1. The zero-order valence-electron chi connectivity index (χ0n) is 16.8. The molecule has 2 N–H and O–H groups in total. The number of benzene rings is 2. The van der Waals surface area contributed by atoms with Gasteiger partial charge in [-0.2, -0.15) is 8.78 Å². The van der Waals surface area contributed by atoms with E-state index in [0.29, 0.717) is 24.6 Å². The van der Waals surface area contributed by atoms with E-state index in [1.807, 2.05) is 30.1 Å². The van der Waals surface area contributed by atoms with E-state index in [2.05, 4.69) is 20.4 Å². The molecule has 6 nitrogen and oxygen atoms in total. The Labute approximate surface area is 169 Å². The molecule has 0 saturated heterocycles. The van der Waals surface area contributed by atoms with Crippen LogP contribution in [0.1, 0.15) is 21.5 Å². The second-order valence-electron chi connectivity index (χ2n) is 6.38. The van der Waals surface area contributed by atoms with Crippen molar-refractivity contribution in [3.05, 3.63) is 65.2 Å². The van der Waals surface area contributed by atoms with Gasteiger partial charge in [0.05, 0.1) is 0 Å². The summed E-state index contributed by atoms with van der Waals surface area (Å²) in [6, 6.07) is 14.0. The fourth-order valence-electron chi connectivity index (χ4n) is 2.84. The number of carbonyl (C=O) groups is 1. The number of guanidine groups is 1. The van der Waals surface area contributed by atoms with Crippen molar-refractivity contribution in [3.63, 3.8) is 0 Å². The molecule has 29 heavy (non-hydrogen) atoms. The zero-order valence-corrected chi connectivity index (χ0v) is 16.8. The van der Waals surface area contributed by atoms with Crippen molar-refractivity contribution < 1.29 is 18.3 Å². The summed E-state index contributed by atoms with van der Waals surface area (Å²) in [6.07, 6.45) is 0.733. The van der Waals surface area contributed by atoms with Crippen LogP contribution >= 0.6 is 0 Å². The predicted octanol–water partition coefficient (Wildman–Crippen LogP) is 2.90. The smallest absolute Gasteiger partial charge is 0.387 e. The Balaban J connectivity index is 1.87. The van der Waals surface area contributed by atoms with Gasteiger partial charge in [0, 0.05) is 39.8 Å². The number of hydrogen-bond donors (Lipinski definition) is 2. The molecule has 0 aliphatic rings. The van der Waals surface area contributed by atoms with Gasteiger partial charge in [-0.3, -0.25) is 9.79 Å². The molecule has 0 atom stereocenters. The standard InChI is InChI=1S/C21H26F2N4O2/c1-24-19(28)17-6-4-5-15(13-17)11-12-26-21(25-2)27(3)14-16-7-9-18(10-8-16)29-20(22)23/h4-10,13,20H,11-12,14H2,1-3H3,(H,24,28)(H,25,26). The van der Waals surface area contributed by atoms with Gasteiger partial charge >= 0.3 is 6.61 Å². The quantitative estimate of drug-likeness (QED) is 0.525. The fourth-order valence-corrected chi connectivity index (χ4v) is 2.84. The van der Waals surface area contributed by atoms with E-state index in [1.165, 1.54) is 12.1 Å². The summed E-state index contributed by atoms with van der Waals surface area (Å²) in [6.45, 7) is -1.63. The molecule has 0 heterocycles. The van der Waals surface area contributed by atoms with Crippen LogP contribution in [0.4, 0.5) is 8.78 Å². The minimum atomic E-state index is -2.83. The largest absolute Gasteiger partial charge is 0.435 e. The molecule has 8 heteroatoms. The van der Waals surface area contributed by atoms with Crippen molar-refractivity contribution in [2.75, 3.05) is 27.7 Å². The monoisotopic (exact) mass is 404 g/mol. The molecule has 0 unspecified atom stereocenters. The van der Waals surface area contributed by atoms with Crippen LogP contribution in [0.5, 0.6) is 5.75 Å². The predicted molar refractivity (Wildman–Crippen MR) is 109 cm³/mol. The molecule has 156 valence electrons. The lowest BCUT2D eigenvalue weighted by Crippen LogP contribution is -2.39. The Morgan fingerprint density at radius 3 is 2.52 bits per heavy atom. The highest BCUT2D eigenvalue weighted by Gasteiger charge is 2.09. The number of aliphatic imine (C=N–C) groups is 1. The third-order valence-electron chi connectivity index (χ3n) is 4.25. The first kappa shape index (κ1) is 22.1. The van der Waals surface area contributed by atoms with Gasteiger partial charge in [0.15, 0.2) is 5.96 Å². The van der Waals surface area contributed by atoms with E-state index in [0.717, 1.165) is 17.5 Å². The van der Waals surface area contributed by atoms with Crippen LogP contribution in [0.25, 0.3) is 0 Å². The van der Waals surface area contributed by atoms with Crippen molar-refractivity contribution in [2.45, 2.75) is 19.6 Å². The first-order valence-electron chi connectivity index (χ1n) is 9.19. The summed E-state index contributed by atoms with van der Waals surface area (Å²) in [5, 5.41) is 5.91. The molecule has 0 aromatic heterocycles. The lowest BCUT2D eigenvalue weighted by molar-refractivity contribution is -0.0498. The Bertz CT molecular complexity index is 826. The first-order chi connectivity index (χ1) is 13.9.